The molecule has 1 aliphatic heterocycles. The van der Waals surface area contributed by atoms with E-state index in [0.717, 1.165) is 12.4 Å². The first-order chi connectivity index (χ1) is 10.1. The van der Waals surface area contributed by atoms with Gasteiger partial charge >= 0.3 is 0 Å². The van der Waals surface area contributed by atoms with E-state index >= 15 is 0 Å². The molecule has 2 aromatic rings. The number of rotatable bonds is 4. The molecule has 0 amide bonds. The fourth-order valence-electron chi connectivity index (χ4n) is 2.42. The Morgan fingerprint density at radius 2 is 2.29 bits per heavy atom. The van der Waals surface area contributed by atoms with Gasteiger partial charge in [0.25, 0.3) is 0 Å². The lowest BCUT2D eigenvalue weighted by Crippen LogP contribution is -2.40. The van der Waals surface area contributed by atoms with Crippen LogP contribution in [0.15, 0.2) is 10.9 Å². The number of morpholine rings is 1. The Morgan fingerprint density at radius 3 is 2.95 bits per heavy atom. The summed E-state index contributed by atoms with van der Waals surface area (Å²) in [6, 6.07) is 0.0623. The molecule has 0 radical (unpaired) electrons. The molecule has 0 bridgehead atoms. The SMILES string of the molecule is CC(C)c1nc(CN2CCOCC2c2ncnn2C)no1. The lowest BCUT2D eigenvalue weighted by atomic mass is 10.2. The molecular formula is C13H20N6O2. The van der Waals surface area contributed by atoms with E-state index in [-0.39, 0.29) is 12.0 Å². The lowest BCUT2D eigenvalue weighted by molar-refractivity contribution is -0.0185. The molecular weight excluding hydrogens is 272 g/mol. The minimum atomic E-state index is 0.0623. The van der Waals surface area contributed by atoms with Crippen molar-refractivity contribution in [2.75, 3.05) is 19.8 Å². The van der Waals surface area contributed by atoms with Crippen LogP contribution in [0.3, 0.4) is 0 Å². The van der Waals surface area contributed by atoms with Gasteiger partial charge in [0.05, 0.1) is 25.8 Å². The predicted octanol–water partition coefficient (Wildman–Crippen LogP) is 0.895. The highest BCUT2D eigenvalue weighted by Crippen LogP contribution is 2.23. The third-order valence-electron chi connectivity index (χ3n) is 3.61. The summed E-state index contributed by atoms with van der Waals surface area (Å²) in [6.07, 6.45) is 1.56. The minimum Gasteiger partial charge on any atom is -0.378 e. The van der Waals surface area contributed by atoms with Crippen LogP contribution in [0.4, 0.5) is 0 Å². The second kappa shape index (κ2) is 5.90. The molecule has 0 aliphatic carbocycles. The molecule has 0 saturated carbocycles. The Hall–Kier alpha value is -1.80. The minimum absolute atomic E-state index is 0.0623. The Balaban J connectivity index is 1.76. The van der Waals surface area contributed by atoms with Gasteiger partial charge in [-0.2, -0.15) is 10.1 Å². The van der Waals surface area contributed by atoms with Gasteiger partial charge in [-0.05, 0) is 0 Å². The van der Waals surface area contributed by atoms with Crippen molar-refractivity contribution in [3.8, 4) is 0 Å². The smallest absolute Gasteiger partial charge is 0.229 e. The Bertz CT molecular complexity index is 593. The van der Waals surface area contributed by atoms with Gasteiger partial charge in [0.1, 0.15) is 12.2 Å². The Labute approximate surface area is 123 Å². The first kappa shape index (κ1) is 14.2. The van der Waals surface area contributed by atoms with E-state index < -0.39 is 0 Å². The molecule has 0 aromatic carbocycles. The molecule has 3 rings (SSSR count). The van der Waals surface area contributed by atoms with Crippen molar-refractivity contribution in [2.45, 2.75) is 32.4 Å². The van der Waals surface area contributed by atoms with Crippen LogP contribution in [0.2, 0.25) is 0 Å². The fourth-order valence-corrected chi connectivity index (χ4v) is 2.42. The lowest BCUT2D eigenvalue weighted by Gasteiger charge is -2.33. The molecule has 1 saturated heterocycles. The van der Waals surface area contributed by atoms with Crippen LogP contribution in [0.5, 0.6) is 0 Å². The summed E-state index contributed by atoms with van der Waals surface area (Å²) < 4.78 is 12.6. The molecule has 8 heteroatoms. The van der Waals surface area contributed by atoms with Gasteiger partial charge in [0.15, 0.2) is 5.82 Å². The van der Waals surface area contributed by atoms with Crippen molar-refractivity contribution < 1.29 is 9.26 Å². The van der Waals surface area contributed by atoms with E-state index in [1.807, 2.05) is 20.9 Å². The van der Waals surface area contributed by atoms with Crippen LogP contribution < -0.4 is 0 Å². The quantitative estimate of drug-likeness (QED) is 0.827. The molecule has 1 unspecified atom stereocenters. The first-order valence-corrected chi connectivity index (χ1v) is 7.13. The first-order valence-electron chi connectivity index (χ1n) is 7.13. The molecule has 0 N–H and O–H groups in total. The number of hydrogen-bond donors (Lipinski definition) is 0. The number of aryl methyl sites for hydroxylation is 1. The monoisotopic (exact) mass is 292 g/mol. The normalized spacial score (nSPS) is 20.3. The van der Waals surface area contributed by atoms with Gasteiger partial charge in [-0.1, -0.05) is 19.0 Å². The van der Waals surface area contributed by atoms with Gasteiger partial charge in [0, 0.05) is 19.5 Å². The van der Waals surface area contributed by atoms with Crippen LogP contribution >= 0.6 is 0 Å². The highest BCUT2D eigenvalue weighted by molar-refractivity contribution is 4.99. The maximum atomic E-state index is 5.59. The van der Waals surface area contributed by atoms with Gasteiger partial charge in [-0.3, -0.25) is 9.58 Å². The Morgan fingerprint density at radius 1 is 1.43 bits per heavy atom. The van der Waals surface area contributed by atoms with Gasteiger partial charge in [-0.15, -0.1) is 0 Å². The van der Waals surface area contributed by atoms with Gasteiger partial charge in [0.2, 0.25) is 5.89 Å². The number of ether oxygens (including phenoxy) is 1. The summed E-state index contributed by atoms with van der Waals surface area (Å²) in [6.45, 7) is 6.80. The summed E-state index contributed by atoms with van der Waals surface area (Å²) >= 11 is 0. The molecule has 0 spiro atoms. The average molecular weight is 292 g/mol. The second-order valence-corrected chi connectivity index (χ2v) is 5.51. The molecule has 1 aliphatic rings. The zero-order valence-corrected chi connectivity index (χ0v) is 12.6. The van der Waals surface area contributed by atoms with Crippen molar-refractivity contribution in [3.05, 3.63) is 23.9 Å². The van der Waals surface area contributed by atoms with E-state index in [1.54, 1.807) is 11.0 Å². The summed E-state index contributed by atoms with van der Waals surface area (Å²) in [5, 5.41) is 8.19. The summed E-state index contributed by atoms with van der Waals surface area (Å²) in [7, 11) is 1.89. The van der Waals surface area contributed by atoms with Crippen LogP contribution in [0.1, 0.15) is 43.3 Å². The van der Waals surface area contributed by atoms with Crippen molar-refractivity contribution in [3.63, 3.8) is 0 Å². The fraction of sp³-hybridized carbons (Fsp3) is 0.692. The number of nitrogens with zero attached hydrogens (tertiary/aromatic N) is 6. The summed E-state index contributed by atoms with van der Waals surface area (Å²) in [5.41, 5.74) is 0. The molecule has 3 heterocycles. The number of hydrogen-bond acceptors (Lipinski definition) is 7. The summed E-state index contributed by atoms with van der Waals surface area (Å²) in [4.78, 5) is 11.0. The van der Waals surface area contributed by atoms with E-state index in [9.17, 15) is 0 Å². The zero-order valence-electron chi connectivity index (χ0n) is 12.6. The molecule has 114 valence electrons. The zero-order chi connectivity index (χ0) is 14.8. The standard InChI is InChI=1S/C13H20N6O2/c1-9(2)13-16-11(17-21-13)6-19-4-5-20-7-10(19)12-14-8-15-18(12)3/h8-10H,4-7H2,1-3H3. The Kier molecular flexibility index (Phi) is 3.98. The van der Waals surface area contributed by atoms with E-state index in [4.69, 9.17) is 9.26 Å². The maximum absolute atomic E-state index is 5.59. The van der Waals surface area contributed by atoms with Gasteiger partial charge < -0.3 is 9.26 Å². The van der Waals surface area contributed by atoms with Crippen molar-refractivity contribution in [1.29, 1.82) is 0 Å². The topological polar surface area (TPSA) is 82.1 Å². The van der Waals surface area contributed by atoms with Crippen LogP contribution in [0.25, 0.3) is 0 Å². The predicted molar refractivity (Wildman–Crippen MR) is 73.4 cm³/mol. The highest BCUT2D eigenvalue weighted by Gasteiger charge is 2.29. The molecule has 2 aromatic heterocycles. The van der Waals surface area contributed by atoms with Crippen LogP contribution in [-0.4, -0.2) is 49.6 Å². The summed E-state index contributed by atoms with van der Waals surface area (Å²) in [5.74, 6) is 2.51. The molecule has 1 fully saturated rings. The van der Waals surface area contributed by atoms with E-state index in [1.165, 1.54) is 0 Å². The van der Waals surface area contributed by atoms with Crippen molar-refractivity contribution in [1.82, 2.24) is 29.8 Å². The highest BCUT2D eigenvalue weighted by atomic mass is 16.5. The third kappa shape index (κ3) is 2.96. The molecule has 21 heavy (non-hydrogen) atoms. The maximum Gasteiger partial charge on any atom is 0.229 e. The average Bonchev–Trinajstić information content (AvgIpc) is 3.09. The van der Waals surface area contributed by atoms with Crippen LogP contribution in [0, 0.1) is 0 Å². The number of aromatic nitrogens is 5. The molecule has 1 atom stereocenters. The van der Waals surface area contributed by atoms with Crippen molar-refractivity contribution >= 4 is 0 Å². The molecule has 8 nitrogen and oxygen atoms in total. The van der Waals surface area contributed by atoms with E-state index in [0.29, 0.717) is 31.5 Å². The van der Waals surface area contributed by atoms with Gasteiger partial charge in [-0.25, -0.2) is 4.98 Å². The van der Waals surface area contributed by atoms with Crippen molar-refractivity contribution in [2.24, 2.45) is 7.05 Å². The largest absolute Gasteiger partial charge is 0.378 e. The van der Waals surface area contributed by atoms with E-state index in [2.05, 4.69) is 25.1 Å². The van der Waals surface area contributed by atoms with Crippen LogP contribution in [-0.2, 0) is 18.3 Å². The third-order valence-corrected chi connectivity index (χ3v) is 3.61. The second-order valence-electron chi connectivity index (χ2n) is 5.51.